The van der Waals surface area contributed by atoms with Gasteiger partial charge in [0.15, 0.2) is 0 Å². The number of nitrogens with zero attached hydrogens (tertiary/aromatic N) is 1. The van der Waals surface area contributed by atoms with Gasteiger partial charge in [0.2, 0.25) is 0 Å². The van der Waals surface area contributed by atoms with Crippen LogP contribution in [0.2, 0.25) is 0 Å². The van der Waals surface area contributed by atoms with Gasteiger partial charge in [-0.05, 0) is 31.2 Å². The van der Waals surface area contributed by atoms with Crippen molar-refractivity contribution in [1.82, 2.24) is 4.90 Å². The van der Waals surface area contributed by atoms with E-state index in [2.05, 4.69) is 27.8 Å². The minimum Gasteiger partial charge on any atom is -0.395 e. The number of aliphatic hydroxyl groups excluding tert-OH is 1. The van der Waals surface area contributed by atoms with Crippen molar-refractivity contribution in [3.63, 3.8) is 0 Å². The molecule has 1 N–H and O–H groups in total. The summed E-state index contributed by atoms with van der Waals surface area (Å²) in [5, 5.41) is 10.1. The fourth-order valence-corrected chi connectivity index (χ4v) is 3.08. The van der Waals surface area contributed by atoms with Crippen molar-refractivity contribution in [3.8, 4) is 0 Å². The molecule has 1 rings (SSSR count). The lowest BCUT2D eigenvalue weighted by Crippen LogP contribution is -2.44. The van der Waals surface area contributed by atoms with Gasteiger partial charge in [0.25, 0.3) is 0 Å². The highest BCUT2D eigenvalue weighted by atomic mass is 79.9. The first kappa shape index (κ1) is 14.4. The SMILES string of the molecule is CCCN(CCO)CC1(CBr)CCOCC1. The highest BCUT2D eigenvalue weighted by Crippen LogP contribution is 2.33. The van der Waals surface area contributed by atoms with Gasteiger partial charge in [0.05, 0.1) is 6.61 Å². The van der Waals surface area contributed by atoms with E-state index in [9.17, 15) is 0 Å². The number of alkyl halides is 1. The van der Waals surface area contributed by atoms with Crippen LogP contribution < -0.4 is 0 Å². The molecule has 1 aliphatic rings. The Hall–Kier alpha value is 0.360. The molecule has 0 bridgehead atoms. The highest BCUT2D eigenvalue weighted by Gasteiger charge is 2.33. The largest absolute Gasteiger partial charge is 0.395 e. The molecular formula is C12H24BrNO2. The second-order valence-electron chi connectivity index (χ2n) is 4.75. The molecular weight excluding hydrogens is 270 g/mol. The molecule has 1 saturated heterocycles. The molecule has 16 heavy (non-hydrogen) atoms. The Morgan fingerprint density at radius 2 is 2.00 bits per heavy atom. The summed E-state index contributed by atoms with van der Waals surface area (Å²) in [7, 11) is 0. The quantitative estimate of drug-likeness (QED) is 0.728. The second kappa shape index (κ2) is 7.64. The summed E-state index contributed by atoms with van der Waals surface area (Å²) in [6.45, 7) is 7.16. The number of ether oxygens (including phenoxy) is 1. The summed E-state index contributed by atoms with van der Waals surface area (Å²) in [6, 6.07) is 0. The van der Waals surface area contributed by atoms with Crippen LogP contribution in [-0.4, -0.2) is 54.8 Å². The van der Waals surface area contributed by atoms with Crippen LogP contribution in [0, 0.1) is 5.41 Å². The van der Waals surface area contributed by atoms with E-state index in [0.717, 1.165) is 57.4 Å². The Kier molecular flexibility index (Phi) is 6.89. The van der Waals surface area contributed by atoms with Crippen molar-refractivity contribution in [2.75, 3.05) is 44.8 Å². The molecule has 0 unspecified atom stereocenters. The molecule has 96 valence electrons. The lowest BCUT2D eigenvalue weighted by atomic mass is 9.82. The lowest BCUT2D eigenvalue weighted by molar-refractivity contribution is 0.00592. The molecule has 0 radical (unpaired) electrons. The van der Waals surface area contributed by atoms with E-state index >= 15 is 0 Å². The molecule has 0 spiro atoms. The third kappa shape index (κ3) is 4.32. The second-order valence-corrected chi connectivity index (χ2v) is 5.31. The lowest BCUT2D eigenvalue weighted by Gasteiger charge is -2.39. The Balaban J connectivity index is 2.50. The van der Waals surface area contributed by atoms with Gasteiger partial charge in [-0.1, -0.05) is 22.9 Å². The van der Waals surface area contributed by atoms with Gasteiger partial charge in [-0.25, -0.2) is 0 Å². The van der Waals surface area contributed by atoms with E-state index in [4.69, 9.17) is 9.84 Å². The topological polar surface area (TPSA) is 32.7 Å². The Morgan fingerprint density at radius 1 is 1.31 bits per heavy atom. The Bertz CT molecular complexity index is 178. The van der Waals surface area contributed by atoms with Crippen molar-refractivity contribution in [2.24, 2.45) is 5.41 Å². The molecule has 3 nitrogen and oxygen atoms in total. The predicted molar refractivity (Wildman–Crippen MR) is 70.1 cm³/mol. The number of hydrogen-bond acceptors (Lipinski definition) is 3. The molecule has 0 aromatic carbocycles. The number of halogens is 1. The van der Waals surface area contributed by atoms with Crippen LogP contribution >= 0.6 is 15.9 Å². The smallest absolute Gasteiger partial charge is 0.0558 e. The third-order valence-electron chi connectivity index (χ3n) is 3.35. The minimum atomic E-state index is 0.259. The van der Waals surface area contributed by atoms with Crippen molar-refractivity contribution in [1.29, 1.82) is 0 Å². The maximum absolute atomic E-state index is 9.07. The van der Waals surface area contributed by atoms with Crippen LogP contribution in [-0.2, 0) is 4.74 Å². The first-order chi connectivity index (χ1) is 7.76. The fraction of sp³-hybridized carbons (Fsp3) is 1.00. The predicted octanol–water partition coefficient (Wildman–Crippen LogP) is 1.88. The molecule has 0 amide bonds. The molecule has 0 aliphatic carbocycles. The van der Waals surface area contributed by atoms with Gasteiger partial charge in [-0.2, -0.15) is 0 Å². The average molecular weight is 294 g/mol. The molecule has 1 fully saturated rings. The van der Waals surface area contributed by atoms with Gasteiger partial charge < -0.3 is 14.7 Å². The van der Waals surface area contributed by atoms with Gasteiger partial charge in [0, 0.05) is 31.6 Å². The summed E-state index contributed by atoms with van der Waals surface area (Å²) >= 11 is 3.65. The van der Waals surface area contributed by atoms with Crippen LogP contribution in [0.1, 0.15) is 26.2 Å². The van der Waals surface area contributed by atoms with Gasteiger partial charge >= 0.3 is 0 Å². The van der Waals surface area contributed by atoms with Crippen molar-refractivity contribution >= 4 is 15.9 Å². The highest BCUT2D eigenvalue weighted by molar-refractivity contribution is 9.09. The number of aliphatic hydroxyl groups is 1. The van der Waals surface area contributed by atoms with Crippen LogP contribution in [0.25, 0.3) is 0 Å². The third-order valence-corrected chi connectivity index (χ3v) is 4.54. The Morgan fingerprint density at radius 3 is 2.50 bits per heavy atom. The van der Waals surface area contributed by atoms with E-state index in [0.29, 0.717) is 5.41 Å². The number of rotatable bonds is 7. The molecule has 1 heterocycles. The van der Waals surface area contributed by atoms with Crippen LogP contribution in [0.4, 0.5) is 0 Å². The molecule has 1 aliphatic heterocycles. The zero-order chi connectivity index (χ0) is 11.9. The van der Waals surface area contributed by atoms with E-state index < -0.39 is 0 Å². The van der Waals surface area contributed by atoms with Crippen molar-refractivity contribution < 1.29 is 9.84 Å². The van der Waals surface area contributed by atoms with Gasteiger partial charge in [0.1, 0.15) is 0 Å². The van der Waals surface area contributed by atoms with E-state index in [1.165, 1.54) is 0 Å². The van der Waals surface area contributed by atoms with Crippen molar-refractivity contribution in [3.05, 3.63) is 0 Å². The standard InChI is InChI=1S/C12H24BrNO2/c1-2-5-14(6-7-15)11-12(10-13)3-8-16-9-4-12/h15H,2-11H2,1H3. The normalized spacial score (nSPS) is 20.2. The monoisotopic (exact) mass is 293 g/mol. The summed E-state index contributed by atoms with van der Waals surface area (Å²) in [5.74, 6) is 0. The fourth-order valence-electron chi connectivity index (χ4n) is 2.34. The summed E-state index contributed by atoms with van der Waals surface area (Å²) in [5.41, 5.74) is 0.350. The summed E-state index contributed by atoms with van der Waals surface area (Å²) in [6.07, 6.45) is 3.41. The molecule has 0 aromatic heterocycles. The summed E-state index contributed by atoms with van der Waals surface area (Å²) < 4.78 is 5.44. The van der Waals surface area contributed by atoms with Crippen LogP contribution in [0.3, 0.4) is 0 Å². The van der Waals surface area contributed by atoms with Crippen LogP contribution in [0.15, 0.2) is 0 Å². The number of hydrogen-bond donors (Lipinski definition) is 1. The molecule has 4 heteroatoms. The van der Waals surface area contributed by atoms with Gasteiger partial charge in [-0.3, -0.25) is 0 Å². The van der Waals surface area contributed by atoms with E-state index in [1.54, 1.807) is 0 Å². The van der Waals surface area contributed by atoms with E-state index in [1.807, 2.05) is 0 Å². The maximum Gasteiger partial charge on any atom is 0.0558 e. The zero-order valence-corrected chi connectivity index (χ0v) is 11.8. The van der Waals surface area contributed by atoms with E-state index in [-0.39, 0.29) is 6.61 Å². The average Bonchev–Trinajstić information content (AvgIpc) is 2.31. The zero-order valence-electron chi connectivity index (χ0n) is 10.3. The van der Waals surface area contributed by atoms with Crippen LogP contribution in [0.5, 0.6) is 0 Å². The summed E-state index contributed by atoms with van der Waals surface area (Å²) in [4.78, 5) is 2.38. The maximum atomic E-state index is 9.07. The minimum absolute atomic E-state index is 0.259. The van der Waals surface area contributed by atoms with Crippen molar-refractivity contribution in [2.45, 2.75) is 26.2 Å². The van der Waals surface area contributed by atoms with Gasteiger partial charge in [-0.15, -0.1) is 0 Å². The molecule has 0 atom stereocenters. The first-order valence-corrected chi connectivity index (χ1v) is 7.35. The molecule has 0 aromatic rings. The molecule has 0 saturated carbocycles. The first-order valence-electron chi connectivity index (χ1n) is 6.23. The Labute approximate surface area is 107 Å².